The molecule has 1 amide bonds. The molecule has 8 nitrogen and oxygen atoms in total. The predicted molar refractivity (Wildman–Crippen MR) is 113 cm³/mol. The van der Waals surface area contributed by atoms with Gasteiger partial charge in [-0.15, -0.1) is 0 Å². The molecule has 5 aliphatic rings. The second-order valence-corrected chi connectivity index (χ2v) is 10.3. The van der Waals surface area contributed by atoms with Gasteiger partial charge in [0.25, 0.3) is 0 Å². The maximum Gasteiger partial charge on any atom is 0.219 e. The number of nitrogens with zero attached hydrogens (tertiary/aromatic N) is 2. The van der Waals surface area contributed by atoms with Crippen LogP contribution in [0.5, 0.6) is 0 Å². The highest BCUT2D eigenvalue weighted by molar-refractivity contribution is 5.73. The van der Waals surface area contributed by atoms with Gasteiger partial charge in [0.2, 0.25) is 5.91 Å². The van der Waals surface area contributed by atoms with E-state index in [0.29, 0.717) is 24.2 Å². The van der Waals surface area contributed by atoms with Crippen molar-refractivity contribution >= 4 is 5.91 Å². The van der Waals surface area contributed by atoms with Gasteiger partial charge < -0.3 is 15.1 Å². The summed E-state index contributed by atoms with van der Waals surface area (Å²) in [6.07, 6.45) is 11.1. The SMILES string of the molecule is CC(=O)N1CCC([NH+]2CCC[C@H]2C2NC(C3CC[NH2+]C(N4CCCC4)C3)NO2)CC1. The smallest absolute Gasteiger partial charge is 0.219 e. The number of hydrogen-bond donors (Lipinski definition) is 4. The quantitative estimate of drug-likeness (QED) is 0.431. The third kappa shape index (κ3) is 4.40. The number of hydroxylamine groups is 1. The van der Waals surface area contributed by atoms with Gasteiger partial charge in [-0.1, -0.05) is 0 Å². The fourth-order valence-corrected chi connectivity index (χ4v) is 6.84. The summed E-state index contributed by atoms with van der Waals surface area (Å²) in [5.74, 6) is 0.875. The number of carbonyl (C=O) groups excluding carboxylic acids is 1. The maximum atomic E-state index is 11.7. The lowest BCUT2D eigenvalue weighted by Crippen LogP contribution is -3.19. The Kier molecular flexibility index (Phi) is 6.60. The Morgan fingerprint density at radius 2 is 1.87 bits per heavy atom. The maximum absolute atomic E-state index is 11.7. The van der Waals surface area contributed by atoms with Gasteiger partial charge in [-0.25, -0.2) is 0 Å². The van der Waals surface area contributed by atoms with Crippen molar-refractivity contribution in [3.05, 3.63) is 0 Å². The first kappa shape index (κ1) is 21.1. The standard InChI is InChI=1S/C22H40N6O2/c1-16(29)26-13-7-18(8-14-26)28-12-4-5-19(28)22-24-21(25-30-22)17-6-9-23-20(15-17)27-10-2-3-11-27/h17-25H,2-15H2,1H3/p+2/t17?,19-,20?,21?,22?/m0/s1. The molecule has 5 rings (SSSR count). The van der Waals surface area contributed by atoms with Crippen molar-refractivity contribution in [3.8, 4) is 0 Å². The van der Waals surface area contributed by atoms with Crippen molar-refractivity contribution in [2.24, 2.45) is 5.92 Å². The molecule has 0 aromatic carbocycles. The molecule has 30 heavy (non-hydrogen) atoms. The summed E-state index contributed by atoms with van der Waals surface area (Å²) in [7, 11) is 0. The molecule has 0 aliphatic carbocycles. The van der Waals surface area contributed by atoms with Gasteiger partial charge in [0.05, 0.1) is 25.3 Å². The molecule has 0 radical (unpaired) electrons. The van der Waals surface area contributed by atoms with Gasteiger partial charge in [0, 0.05) is 77.5 Å². The van der Waals surface area contributed by atoms with Gasteiger partial charge in [0.1, 0.15) is 12.2 Å². The summed E-state index contributed by atoms with van der Waals surface area (Å²) < 4.78 is 0. The topological polar surface area (TPSA) is 77.9 Å². The second kappa shape index (κ2) is 9.38. The van der Waals surface area contributed by atoms with E-state index in [9.17, 15) is 4.79 Å². The molecular weight excluding hydrogens is 380 g/mol. The second-order valence-electron chi connectivity index (χ2n) is 10.3. The van der Waals surface area contributed by atoms with Gasteiger partial charge in [-0.05, 0) is 12.8 Å². The molecule has 6 atom stereocenters. The Labute approximate surface area is 181 Å². The summed E-state index contributed by atoms with van der Waals surface area (Å²) in [5, 5.41) is 6.42. The Morgan fingerprint density at radius 1 is 1.07 bits per heavy atom. The average Bonchev–Trinajstić information content (AvgIpc) is 3.55. The van der Waals surface area contributed by atoms with E-state index in [1.54, 1.807) is 11.8 Å². The Hall–Kier alpha value is -0.770. The molecule has 5 fully saturated rings. The number of carbonyl (C=O) groups is 1. The molecule has 5 unspecified atom stereocenters. The van der Waals surface area contributed by atoms with Crippen LogP contribution in [0.3, 0.4) is 0 Å². The van der Waals surface area contributed by atoms with Crippen LogP contribution >= 0.6 is 0 Å². The van der Waals surface area contributed by atoms with Crippen LogP contribution in [0.2, 0.25) is 0 Å². The number of likely N-dealkylation sites (tertiary alicyclic amines) is 3. The van der Waals surface area contributed by atoms with E-state index < -0.39 is 0 Å². The molecule has 0 spiro atoms. The van der Waals surface area contributed by atoms with E-state index in [1.165, 1.54) is 64.7 Å². The number of piperidine rings is 2. The number of amides is 1. The van der Waals surface area contributed by atoms with Gasteiger partial charge >= 0.3 is 0 Å². The van der Waals surface area contributed by atoms with Crippen LogP contribution in [-0.2, 0) is 9.63 Å². The number of rotatable bonds is 4. The minimum atomic E-state index is 0.120. The molecule has 5 N–H and O–H groups in total. The van der Waals surface area contributed by atoms with Crippen molar-refractivity contribution in [2.75, 3.05) is 39.3 Å². The lowest BCUT2D eigenvalue weighted by Gasteiger charge is -2.38. The van der Waals surface area contributed by atoms with E-state index in [2.05, 4.69) is 21.0 Å². The predicted octanol–water partition coefficient (Wildman–Crippen LogP) is -1.78. The van der Waals surface area contributed by atoms with Crippen LogP contribution in [0.4, 0.5) is 0 Å². The highest BCUT2D eigenvalue weighted by Crippen LogP contribution is 2.24. The minimum absolute atomic E-state index is 0.120. The third-order valence-electron chi connectivity index (χ3n) is 8.55. The van der Waals surface area contributed by atoms with Gasteiger partial charge in [-0.3, -0.25) is 19.8 Å². The molecule has 5 aliphatic heterocycles. The highest BCUT2D eigenvalue weighted by Gasteiger charge is 2.46. The van der Waals surface area contributed by atoms with Crippen LogP contribution in [0.1, 0.15) is 58.3 Å². The average molecular weight is 423 g/mol. The van der Waals surface area contributed by atoms with E-state index in [1.807, 2.05) is 4.90 Å². The van der Waals surface area contributed by atoms with Crippen molar-refractivity contribution in [2.45, 2.75) is 88.9 Å². The van der Waals surface area contributed by atoms with Crippen molar-refractivity contribution in [1.82, 2.24) is 20.6 Å². The zero-order valence-corrected chi connectivity index (χ0v) is 18.7. The molecule has 0 aromatic heterocycles. The van der Waals surface area contributed by atoms with Crippen molar-refractivity contribution < 1.29 is 19.8 Å². The summed E-state index contributed by atoms with van der Waals surface area (Å²) in [4.78, 5) is 24.3. The Morgan fingerprint density at radius 3 is 2.63 bits per heavy atom. The lowest BCUT2D eigenvalue weighted by atomic mass is 9.92. The van der Waals surface area contributed by atoms with Gasteiger partial charge in [0.15, 0.2) is 6.23 Å². The zero-order chi connectivity index (χ0) is 20.5. The molecule has 5 heterocycles. The largest absolute Gasteiger partial charge is 0.342 e. The third-order valence-corrected chi connectivity index (χ3v) is 8.55. The fourth-order valence-electron chi connectivity index (χ4n) is 6.84. The van der Waals surface area contributed by atoms with Crippen molar-refractivity contribution in [1.29, 1.82) is 0 Å². The molecule has 170 valence electrons. The van der Waals surface area contributed by atoms with E-state index >= 15 is 0 Å². The summed E-state index contributed by atoms with van der Waals surface area (Å²) in [6.45, 7) is 8.58. The van der Waals surface area contributed by atoms with Crippen LogP contribution in [0, 0.1) is 5.92 Å². The molecule has 0 bridgehead atoms. The number of quaternary nitrogens is 2. The van der Waals surface area contributed by atoms with Crippen LogP contribution < -0.4 is 21.0 Å². The van der Waals surface area contributed by atoms with Crippen LogP contribution in [0.15, 0.2) is 0 Å². The minimum Gasteiger partial charge on any atom is -0.342 e. The normalized spacial score (nSPS) is 41.6. The van der Waals surface area contributed by atoms with E-state index in [0.717, 1.165) is 25.9 Å². The molecule has 0 aromatic rings. The summed E-state index contributed by atoms with van der Waals surface area (Å²) in [5.41, 5.74) is 3.40. The Bertz CT molecular complexity index is 592. The number of hydrogen-bond acceptors (Lipinski definition) is 5. The van der Waals surface area contributed by atoms with Crippen LogP contribution in [0.25, 0.3) is 0 Å². The first-order valence-electron chi connectivity index (χ1n) is 12.5. The number of nitrogens with two attached hydrogens (primary N) is 1. The summed E-state index contributed by atoms with van der Waals surface area (Å²) in [6, 6.07) is 1.20. The first-order valence-corrected chi connectivity index (χ1v) is 12.5. The highest BCUT2D eigenvalue weighted by atomic mass is 16.7. The first-order chi connectivity index (χ1) is 14.7. The summed E-state index contributed by atoms with van der Waals surface area (Å²) >= 11 is 0. The van der Waals surface area contributed by atoms with Gasteiger partial charge in [-0.2, -0.15) is 5.48 Å². The molecule has 8 heteroatoms. The van der Waals surface area contributed by atoms with E-state index in [-0.39, 0.29) is 18.3 Å². The molecule has 5 saturated heterocycles. The molecular formula is C22H42N6O2+2. The number of nitrogens with one attached hydrogen (secondary N) is 3. The van der Waals surface area contributed by atoms with E-state index in [4.69, 9.17) is 4.84 Å². The zero-order valence-electron chi connectivity index (χ0n) is 18.7. The Balaban J connectivity index is 1.15. The van der Waals surface area contributed by atoms with Crippen LogP contribution in [-0.4, -0.2) is 85.6 Å². The molecule has 0 saturated carbocycles. The monoisotopic (exact) mass is 422 g/mol. The fraction of sp³-hybridized carbons (Fsp3) is 0.955. The lowest BCUT2D eigenvalue weighted by molar-refractivity contribution is -0.942. The van der Waals surface area contributed by atoms with Crippen molar-refractivity contribution in [3.63, 3.8) is 0 Å².